The van der Waals surface area contributed by atoms with Gasteiger partial charge in [0.1, 0.15) is 18.1 Å². The maximum absolute atomic E-state index is 12.4. The number of nitrogens with one attached hydrogen (secondary N) is 2. The van der Waals surface area contributed by atoms with Gasteiger partial charge in [-0.3, -0.25) is 4.79 Å². The number of aromatic nitrogens is 3. The molecule has 0 aliphatic heterocycles. The van der Waals surface area contributed by atoms with Crippen LogP contribution in [0.2, 0.25) is 5.02 Å². The molecule has 0 fully saturated rings. The smallest absolute Gasteiger partial charge is 0.264 e. The summed E-state index contributed by atoms with van der Waals surface area (Å²) in [6, 6.07) is 22.1. The standard InChI is InChI=1S/C25H24ClN7O3S/c1-35-22-13-7-5-11-20(22)29-23(34)16-37-25-32-31-24(33(25)27)30-28-14-17-8-3-6-12-21(17)36-15-18-9-2-4-10-19(18)26/h2-14H,15-16,27H2,1H3,(H,29,34)(H,30,31)/b28-14+. The Balaban J connectivity index is 1.32. The van der Waals surface area contributed by atoms with E-state index in [1.54, 1.807) is 25.5 Å². The van der Waals surface area contributed by atoms with Gasteiger partial charge in [0, 0.05) is 16.1 Å². The number of nitrogen functional groups attached to an aromatic ring is 1. The lowest BCUT2D eigenvalue weighted by atomic mass is 10.2. The van der Waals surface area contributed by atoms with Crippen LogP contribution in [0.1, 0.15) is 11.1 Å². The van der Waals surface area contributed by atoms with Gasteiger partial charge in [0.25, 0.3) is 5.95 Å². The van der Waals surface area contributed by atoms with Crippen LogP contribution in [0.25, 0.3) is 0 Å². The fourth-order valence-electron chi connectivity index (χ4n) is 3.17. The van der Waals surface area contributed by atoms with Crippen LogP contribution < -0.4 is 26.1 Å². The number of para-hydroxylation sites is 3. The van der Waals surface area contributed by atoms with Crippen LogP contribution in [-0.2, 0) is 11.4 Å². The molecular formula is C25H24ClN7O3S. The molecule has 0 aliphatic carbocycles. The number of rotatable bonds is 11. The van der Waals surface area contributed by atoms with Gasteiger partial charge in [0.05, 0.1) is 24.8 Å². The molecule has 10 nitrogen and oxygen atoms in total. The van der Waals surface area contributed by atoms with Crippen molar-refractivity contribution in [1.29, 1.82) is 0 Å². The first-order valence-electron chi connectivity index (χ1n) is 11.1. The van der Waals surface area contributed by atoms with Gasteiger partial charge in [-0.05, 0) is 30.3 Å². The Kier molecular flexibility index (Phi) is 8.84. The zero-order chi connectivity index (χ0) is 26.0. The molecule has 0 bridgehead atoms. The van der Waals surface area contributed by atoms with Crippen molar-refractivity contribution in [1.82, 2.24) is 14.9 Å². The second kappa shape index (κ2) is 12.7. The number of nitrogens with zero attached hydrogens (tertiary/aromatic N) is 4. The monoisotopic (exact) mass is 537 g/mol. The highest BCUT2D eigenvalue weighted by Gasteiger charge is 2.13. The summed E-state index contributed by atoms with van der Waals surface area (Å²) in [7, 11) is 1.54. The van der Waals surface area contributed by atoms with Gasteiger partial charge in [-0.1, -0.05) is 65.8 Å². The Hall–Kier alpha value is -4.22. The lowest BCUT2D eigenvalue weighted by molar-refractivity contribution is -0.113. The lowest BCUT2D eigenvalue weighted by Gasteiger charge is -2.10. The first kappa shape index (κ1) is 25.9. The van der Waals surface area contributed by atoms with Crippen LogP contribution in [0.15, 0.2) is 83.1 Å². The molecule has 1 heterocycles. The Morgan fingerprint density at radius 1 is 1.08 bits per heavy atom. The van der Waals surface area contributed by atoms with Crippen molar-refractivity contribution in [3.8, 4) is 11.5 Å². The first-order chi connectivity index (χ1) is 18.0. The van der Waals surface area contributed by atoms with Crippen LogP contribution >= 0.6 is 23.4 Å². The summed E-state index contributed by atoms with van der Waals surface area (Å²) >= 11 is 7.35. The van der Waals surface area contributed by atoms with E-state index in [4.69, 9.17) is 26.9 Å². The van der Waals surface area contributed by atoms with Crippen LogP contribution in [-0.4, -0.2) is 39.9 Å². The van der Waals surface area contributed by atoms with Gasteiger partial charge in [-0.2, -0.15) is 5.10 Å². The third kappa shape index (κ3) is 6.93. The number of methoxy groups -OCH3 is 1. The van der Waals surface area contributed by atoms with E-state index in [0.717, 1.165) is 22.9 Å². The fraction of sp³-hybridized carbons (Fsp3) is 0.120. The number of anilines is 2. The van der Waals surface area contributed by atoms with Crippen LogP contribution in [0.3, 0.4) is 0 Å². The van der Waals surface area contributed by atoms with Crippen molar-refractivity contribution >= 4 is 47.1 Å². The van der Waals surface area contributed by atoms with E-state index in [9.17, 15) is 4.79 Å². The van der Waals surface area contributed by atoms with Crippen LogP contribution in [0, 0.1) is 0 Å². The molecule has 0 atom stereocenters. The van der Waals surface area contributed by atoms with E-state index < -0.39 is 0 Å². The van der Waals surface area contributed by atoms with Crippen LogP contribution in [0.5, 0.6) is 11.5 Å². The molecule has 0 saturated carbocycles. The molecule has 0 spiro atoms. The van der Waals surface area contributed by atoms with Crippen molar-refractivity contribution in [3.05, 3.63) is 88.9 Å². The zero-order valence-electron chi connectivity index (χ0n) is 19.8. The number of halogens is 1. The molecule has 12 heteroatoms. The molecule has 37 heavy (non-hydrogen) atoms. The summed E-state index contributed by atoms with van der Waals surface area (Å²) in [6.45, 7) is 0.320. The fourth-order valence-corrected chi connectivity index (χ4v) is 4.01. The molecule has 4 aromatic rings. The molecule has 1 amide bonds. The SMILES string of the molecule is COc1ccccc1NC(=O)CSc1nnc(N/N=C/c2ccccc2OCc2ccccc2Cl)n1N. The van der Waals surface area contributed by atoms with E-state index in [1.165, 1.54) is 4.68 Å². The van der Waals surface area contributed by atoms with E-state index in [1.807, 2.05) is 60.7 Å². The minimum Gasteiger partial charge on any atom is -0.495 e. The Morgan fingerprint density at radius 3 is 2.62 bits per heavy atom. The van der Waals surface area contributed by atoms with Gasteiger partial charge in [-0.25, -0.2) is 10.1 Å². The Morgan fingerprint density at radius 2 is 1.81 bits per heavy atom. The lowest BCUT2D eigenvalue weighted by Crippen LogP contribution is -2.17. The number of benzene rings is 3. The number of ether oxygens (including phenoxy) is 2. The molecule has 0 radical (unpaired) electrons. The average Bonchev–Trinajstić information content (AvgIpc) is 3.27. The molecule has 4 N–H and O–H groups in total. The quantitative estimate of drug-likeness (QED) is 0.111. The molecule has 3 aromatic carbocycles. The van der Waals surface area contributed by atoms with Crippen molar-refractivity contribution in [2.45, 2.75) is 11.8 Å². The Labute approximate surface area is 222 Å². The summed E-state index contributed by atoms with van der Waals surface area (Å²) < 4.78 is 12.4. The van der Waals surface area contributed by atoms with E-state index in [0.29, 0.717) is 34.0 Å². The largest absolute Gasteiger partial charge is 0.495 e. The minimum absolute atomic E-state index is 0.0762. The van der Waals surface area contributed by atoms with Crippen molar-refractivity contribution in [3.63, 3.8) is 0 Å². The predicted octanol–water partition coefficient (Wildman–Crippen LogP) is 4.41. The molecule has 1 aromatic heterocycles. The molecular weight excluding hydrogens is 514 g/mol. The Bertz CT molecular complexity index is 1400. The zero-order valence-corrected chi connectivity index (χ0v) is 21.4. The topological polar surface area (TPSA) is 129 Å². The molecule has 0 unspecified atom stereocenters. The molecule has 190 valence electrons. The van der Waals surface area contributed by atoms with Gasteiger partial charge in [0.2, 0.25) is 11.1 Å². The molecule has 0 saturated heterocycles. The summed E-state index contributed by atoms with van der Waals surface area (Å²) in [6.07, 6.45) is 1.59. The number of carbonyl (C=O) groups is 1. The number of amides is 1. The average molecular weight is 538 g/mol. The predicted molar refractivity (Wildman–Crippen MR) is 146 cm³/mol. The minimum atomic E-state index is -0.238. The number of thioether (sulfide) groups is 1. The summed E-state index contributed by atoms with van der Waals surface area (Å²) in [5.74, 6) is 7.33. The number of hydrogen-bond acceptors (Lipinski definition) is 9. The first-order valence-corrected chi connectivity index (χ1v) is 12.4. The van der Waals surface area contributed by atoms with E-state index >= 15 is 0 Å². The number of carbonyl (C=O) groups excluding carboxylic acids is 1. The summed E-state index contributed by atoms with van der Waals surface area (Å²) in [5.41, 5.74) is 4.97. The van der Waals surface area contributed by atoms with Gasteiger partial charge in [-0.15, -0.1) is 10.2 Å². The number of hydrogen-bond donors (Lipinski definition) is 3. The molecule has 4 rings (SSSR count). The maximum atomic E-state index is 12.4. The third-order valence-electron chi connectivity index (χ3n) is 5.01. The van der Waals surface area contributed by atoms with Crippen molar-refractivity contribution < 1.29 is 14.3 Å². The maximum Gasteiger partial charge on any atom is 0.264 e. The highest BCUT2D eigenvalue weighted by molar-refractivity contribution is 7.99. The highest BCUT2D eigenvalue weighted by atomic mass is 35.5. The molecule has 0 aliphatic rings. The second-order valence-corrected chi connectivity index (χ2v) is 8.85. The number of hydrazone groups is 1. The second-order valence-electron chi connectivity index (χ2n) is 7.50. The van der Waals surface area contributed by atoms with Gasteiger partial charge < -0.3 is 20.6 Å². The third-order valence-corrected chi connectivity index (χ3v) is 6.32. The highest BCUT2D eigenvalue weighted by Crippen LogP contribution is 2.24. The van der Waals surface area contributed by atoms with Crippen molar-refractivity contribution in [2.75, 3.05) is 29.4 Å². The van der Waals surface area contributed by atoms with E-state index in [-0.39, 0.29) is 17.6 Å². The summed E-state index contributed by atoms with van der Waals surface area (Å²) in [5, 5.41) is 16.0. The van der Waals surface area contributed by atoms with Crippen LogP contribution in [0.4, 0.5) is 11.6 Å². The van der Waals surface area contributed by atoms with E-state index in [2.05, 4.69) is 26.0 Å². The van der Waals surface area contributed by atoms with Gasteiger partial charge in [0.15, 0.2) is 0 Å². The summed E-state index contributed by atoms with van der Waals surface area (Å²) in [4.78, 5) is 12.4. The number of nitrogens with two attached hydrogens (primary N) is 1. The van der Waals surface area contributed by atoms with Crippen molar-refractivity contribution in [2.24, 2.45) is 5.10 Å². The normalized spacial score (nSPS) is 10.9. The van der Waals surface area contributed by atoms with Gasteiger partial charge >= 0.3 is 0 Å².